The van der Waals surface area contributed by atoms with Crippen LogP contribution >= 0.6 is 0 Å². The number of benzene rings is 2. The summed E-state index contributed by atoms with van der Waals surface area (Å²) in [6.45, 7) is 2.26. The van der Waals surface area contributed by atoms with Crippen LogP contribution in [-0.2, 0) is 32.8 Å². The van der Waals surface area contributed by atoms with Gasteiger partial charge < -0.3 is 34.5 Å². The summed E-state index contributed by atoms with van der Waals surface area (Å²) in [6.07, 6.45) is 5.76. The van der Waals surface area contributed by atoms with Crippen LogP contribution in [0.5, 0.6) is 17.2 Å². The third-order valence-electron chi connectivity index (χ3n) is 10.8. The molecule has 18 heteroatoms. The molecule has 3 aliphatic heterocycles. The third kappa shape index (κ3) is 8.78. The summed E-state index contributed by atoms with van der Waals surface area (Å²) in [4.78, 5) is 92.1. The number of piperidine rings is 1. The fourth-order valence-corrected chi connectivity index (χ4v) is 7.66. The zero-order valence-electron chi connectivity index (χ0n) is 33.7. The van der Waals surface area contributed by atoms with Gasteiger partial charge in [-0.2, -0.15) is 0 Å². The Labute approximate surface area is 344 Å². The van der Waals surface area contributed by atoms with Gasteiger partial charge in [-0.15, -0.1) is 0 Å². The maximum atomic E-state index is 13.3. The number of aromatic nitrogens is 2. The first-order valence-corrected chi connectivity index (χ1v) is 19.4. The highest BCUT2D eigenvalue weighted by atomic mass is 16.5. The first kappa shape index (κ1) is 42.8. The minimum Gasteiger partial charge on any atom is -0.496 e. The highest BCUT2D eigenvalue weighted by molar-refractivity contribution is 6.24. The highest BCUT2D eigenvalue weighted by Crippen LogP contribution is 2.39. The maximum absolute atomic E-state index is 13.3. The molecule has 2 aromatic heterocycles. The normalized spacial score (nSPS) is 16.3. The maximum Gasteiger partial charge on any atom is 0.290 e. The van der Waals surface area contributed by atoms with Crippen molar-refractivity contribution in [3.05, 3.63) is 75.8 Å². The molecule has 0 radical (unpaired) electrons. The van der Waals surface area contributed by atoms with Gasteiger partial charge in [-0.1, -0.05) is 6.07 Å². The van der Waals surface area contributed by atoms with Crippen molar-refractivity contribution >= 4 is 52.6 Å². The number of amides is 5. The van der Waals surface area contributed by atoms with Gasteiger partial charge in [0.15, 0.2) is 0 Å². The zero-order valence-corrected chi connectivity index (χ0v) is 33.7. The number of carbonyl (C=O) groups excluding carboxylic acids is 5. The number of fused-ring (bicyclic) bond motifs is 2. The van der Waals surface area contributed by atoms with E-state index in [0.29, 0.717) is 67.3 Å². The number of unbranched alkanes of at least 4 members (excludes halogenated alkanes) is 2. The van der Waals surface area contributed by atoms with Gasteiger partial charge in [0.2, 0.25) is 17.7 Å². The molecule has 0 aliphatic carbocycles. The zero-order chi connectivity index (χ0) is 43.1. The van der Waals surface area contributed by atoms with E-state index in [1.165, 1.54) is 6.07 Å². The van der Waals surface area contributed by atoms with Gasteiger partial charge in [0.25, 0.3) is 23.8 Å². The van der Waals surface area contributed by atoms with Crippen molar-refractivity contribution in [1.82, 2.24) is 30.0 Å². The number of methoxy groups -OCH3 is 2. The Bertz CT molecular complexity index is 2370. The number of aryl methyl sites for hydroxylation is 1. The molecule has 3 aliphatic rings. The van der Waals surface area contributed by atoms with Crippen molar-refractivity contribution in [3.8, 4) is 28.4 Å². The summed E-state index contributed by atoms with van der Waals surface area (Å²) in [5.74, 6) is -0.288. The second-order valence-electron chi connectivity index (χ2n) is 14.5. The van der Waals surface area contributed by atoms with Crippen LogP contribution in [0.15, 0.2) is 53.6 Å². The molecule has 316 valence electrons. The monoisotopic (exact) mass is 825 g/mol. The fourth-order valence-electron chi connectivity index (χ4n) is 7.66. The van der Waals surface area contributed by atoms with Gasteiger partial charge in [-0.25, -0.2) is 4.98 Å². The largest absolute Gasteiger partial charge is 0.496 e. The standard InChI is InChI=1S/C41H45N7O9.CH2O2/c1-42-34-17-26-27(18-44-34)28(21-46(2)39(26)52)23-15-32(55-3)29(33(16-23)56-4)22-47-19-24(20-47)37(50)43-13-6-5-7-14-57-31-10-8-9-25-36(31)41(54)48(40(25)53)30-11-12-35(49)45-38(30)51;2-1-3/h8-10,15-18,21,24,30H,5-7,11-14,19-20,22H2,1-4H3,(H,42,44)(H,43,50)(H,45,49,51);1H,(H,2,3). The van der Waals surface area contributed by atoms with E-state index in [2.05, 4.69) is 25.8 Å². The molecule has 5 heterocycles. The number of anilines is 1. The first-order valence-electron chi connectivity index (χ1n) is 19.4. The molecule has 1 atom stereocenters. The van der Waals surface area contributed by atoms with Crippen molar-refractivity contribution in [2.75, 3.05) is 52.8 Å². The van der Waals surface area contributed by atoms with Gasteiger partial charge >= 0.3 is 0 Å². The Hall–Kier alpha value is -6.82. The van der Waals surface area contributed by atoms with Gasteiger partial charge in [0, 0.05) is 70.0 Å². The number of nitrogens with one attached hydrogen (secondary N) is 3. The average Bonchev–Trinajstić information content (AvgIpc) is 3.48. The lowest BCUT2D eigenvalue weighted by atomic mass is 9.96. The first-order chi connectivity index (χ1) is 28.9. The van der Waals surface area contributed by atoms with E-state index < -0.39 is 29.7 Å². The van der Waals surface area contributed by atoms with E-state index in [0.717, 1.165) is 34.4 Å². The number of rotatable bonds is 15. The molecule has 18 nitrogen and oxygen atoms in total. The Balaban J connectivity index is 0.00000195. The summed E-state index contributed by atoms with van der Waals surface area (Å²) < 4.78 is 19.1. The van der Waals surface area contributed by atoms with Crippen LogP contribution in [0.4, 0.5) is 5.82 Å². The van der Waals surface area contributed by atoms with Crippen molar-refractivity contribution < 1.29 is 48.1 Å². The molecule has 4 N–H and O–H groups in total. The Kier molecular flexibility index (Phi) is 13.4. The van der Waals surface area contributed by atoms with E-state index in [9.17, 15) is 28.8 Å². The van der Waals surface area contributed by atoms with E-state index >= 15 is 0 Å². The predicted octanol–water partition coefficient (Wildman–Crippen LogP) is 2.56. The molecule has 0 saturated carbocycles. The van der Waals surface area contributed by atoms with Crippen LogP contribution in [0.3, 0.4) is 0 Å². The molecule has 2 saturated heterocycles. The Morgan fingerprint density at radius 2 is 1.68 bits per heavy atom. The van der Waals surface area contributed by atoms with E-state index in [4.69, 9.17) is 24.1 Å². The molecule has 0 bridgehead atoms. The summed E-state index contributed by atoms with van der Waals surface area (Å²) >= 11 is 0. The molecular weight excluding hydrogens is 778 g/mol. The second-order valence-corrected chi connectivity index (χ2v) is 14.5. The van der Waals surface area contributed by atoms with Crippen molar-refractivity contribution in [2.45, 2.75) is 44.7 Å². The molecule has 0 spiro atoms. The van der Waals surface area contributed by atoms with Crippen LogP contribution in [0.1, 0.15) is 58.4 Å². The summed E-state index contributed by atoms with van der Waals surface area (Å²) in [7, 11) is 6.69. The summed E-state index contributed by atoms with van der Waals surface area (Å²) in [5.41, 5.74) is 2.65. The number of imide groups is 2. The van der Waals surface area contributed by atoms with Crippen molar-refractivity contribution in [2.24, 2.45) is 13.0 Å². The predicted molar refractivity (Wildman–Crippen MR) is 218 cm³/mol. The second kappa shape index (κ2) is 18.8. The molecule has 7 rings (SSSR count). The summed E-state index contributed by atoms with van der Waals surface area (Å²) in [6, 6.07) is 9.35. The number of nitrogens with zero attached hydrogens (tertiary/aromatic N) is 4. The molecular formula is C42H47N7O11. The number of pyridine rings is 2. The van der Waals surface area contributed by atoms with Crippen molar-refractivity contribution in [1.29, 1.82) is 0 Å². The van der Waals surface area contributed by atoms with Gasteiger partial charge in [-0.05, 0) is 61.6 Å². The molecule has 60 heavy (non-hydrogen) atoms. The number of hydrogen-bond donors (Lipinski definition) is 4. The van der Waals surface area contributed by atoms with Gasteiger partial charge in [0.05, 0.1) is 48.8 Å². The molecule has 2 fully saturated rings. The molecule has 5 amide bonds. The van der Waals surface area contributed by atoms with Crippen molar-refractivity contribution in [3.63, 3.8) is 0 Å². The number of hydrogen-bond acceptors (Lipinski definition) is 13. The Morgan fingerprint density at radius 1 is 0.967 bits per heavy atom. The van der Waals surface area contributed by atoms with E-state index in [-0.39, 0.29) is 53.6 Å². The lowest BCUT2D eigenvalue weighted by Gasteiger charge is -2.38. The topological polar surface area (TPSA) is 228 Å². The molecule has 2 aromatic carbocycles. The molecule has 1 unspecified atom stereocenters. The van der Waals surface area contributed by atoms with Crippen LogP contribution in [0.25, 0.3) is 21.9 Å². The minimum absolute atomic E-state index is 0.00279. The van der Waals surface area contributed by atoms with Gasteiger partial charge in [0.1, 0.15) is 29.1 Å². The number of carboxylic acid groups (broad SMARTS) is 1. The van der Waals surface area contributed by atoms with Crippen LogP contribution in [-0.4, -0.2) is 114 Å². The lowest BCUT2D eigenvalue weighted by Crippen LogP contribution is -2.54. The highest BCUT2D eigenvalue weighted by Gasteiger charge is 2.46. The van der Waals surface area contributed by atoms with Crippen LogP contribution in [0.2, 0.25) is 0 Å². The number of likely N-dealkylation sites (tertiary alicyclic amines) is 1. The van der Waals surface area contributed by atoms with Gasteiger partial charge in [-0.3, -0.25) is 48.7 Å². The summed E-state index contributed by atoms with van der Waals surface area (Å²) in [5, 5.41) is 16.4. The minimum atomic E-state index is -1.04. The number of carbonyl (C=O) groups is 6. The van der Waals surface area contributed by atoms with E-state index in [1.54, 1.807) is 63.5 Å². The third-order valence-corrected chi connectivity index (χ3v) is 10.8. The van der Waals surface area contributed by atoms with E-state index in [1.807, 2.05) is 12.1 Å². The quantitative estimate of drug-likeness (QED) is 0.0768. The van der Waals surface area contributed by atoms with Crippen LogP contribution < -0.4 is 35.7 Å². The number of ether oxygens (including phenoxy) is 3. The SMILES string of the molecule is CNc1cc2c(=O)n(C)cc(-c3cc(OC)c(CN4CC(C(=O)NCCCCCOc5cccc6c5C(=O)N(C5CCC(=O)NC5=O)C6=O)C4)c(OC)c3)c2cn1.O=CO. The Morgan fingerprint density at radius 3 is 2.35 bits per heavy atom. The lowest BCUT2D eigenvalue weighted by molar-refractivity contribution is -0.136. The fraction of sp³-hybridized carbons (Fsp3) is 0.381. The average molecular weight is 826 g/mol. The molecule has 4 aromatic rings. The smallest absolute Gasteiger partial charge is 0.290 e. The van der Waals surface area contributed by atoms with Crippen LogP contribution in [0, 0.1) is 5.92 Å².